The minimum absolute atomic E-state index is 0.0667. The molecule has 2 saturated heterocycles. The average molecular weight is 270 g/mol. The zero-order chi connectivity index (χ0) is 13.8. The molecule has 0 spiro atoms. The molecular weight excluding hydrogens is 248 g/mol. The second kappa shape index (κ2) is 6.23. The first kappa shape index (κ1) is 14.1. The van der Waals surface area contributed by atoms with E-state index in [-0.39, 0.29) is 24.1 Å². The lowest BCUT2D eigenvalue weighted by molar-refractivity contribution is -0.143. The van der Waals surface area contributed by atoms with Gasteiger partial charge in [0.15, 0.2) is 0 Å². The topological polar surface area (TPSA) is 78.9 Å². The molecule has 6 nitrogen and oxygen atoms in total. The number of carboxylic acids is 1. The lowest BCUT2D eigenvalue weighted by Crippen LogP contribution is -2.50. The van der Waals surface area contributed by atoms with E-state index in [2.05, 4.69) is 5.32 Å². The van der Waals surface area contributed by atoms with Gasteiger partial charge in [-0.25, -0.2) is 4.79 Å². The van der Waals surface area contributed by atoms with Crippen molar-refractivity contribution in [3.8, 4) is 0 Å². The van der Waals surface area contributed by atoms with Gasteiger partial charge in [-0.05, 0) is 32.6 Å². The maximum Gasteiger partial charge on any atom is 0.317 e. The lowest BCUT2D eigenvalue weighted by atomic mass is 9.97. The summed E-state index contributed by atoms with van der Waals surface area (Å²) in [7, 11) is 0. The number of amides is 2. The largest absolute Gasteiger partial charge is 0.481 e. The maximum absolute atomic E-state index is 12.1. The zero-order valence-electron chi connectivity index (χ0n) is 11.3. The van der Waals surface area contributed by atoms with Crippen LogP contribution in [0.2, 0.25) is 0 Å². The van der Waals surface area contributed by atoms with Crippen LogP contribution >= 0.6 is 0 Å². The van der Waals surface area contributed by atoms with E-state index in [9.17, 15) is 9.59 Å². The molecule has 2 heterocycles. The molecule has 108 valence electrons. The van der Waals surface area contributed by atoms with Crippen molar-refractivity contribution in [3.63, 3.8) is 0 Å². The van der Waals surface area contributed by atoms with E-state index in [0.717, 1.165) is 12.8 Å². The van der Waals surface area contributed by atoms with Gasteiger partial charge >= 0.3 is 12.0 Å². The van der Waals surface area contributed by atoms with Crippen LogP contribution in [0.4, 0.5) is 4.79 Å². The molecule has 0 radical (unpaired) electrons. The fourth-order valence-electron chi connectivity index (χ4n) is 2.72. The molecule has 0 saturated carbocycles. The monoisotopic (exact) mass is 270 g/mol. The third kappa shape index (κ3) is 3.83. The number of ether oxygens (including phenoxy) is 1. The van der Waals surface area contributed by atoms with Gasteiger partial charge in [-0.3, -0.25) is 4.79 Å². The number of urea groups is 1. The van der Waals surface area contributed by atoms with Gasteiger partial charge in [-0.15, -0.1) is 0 Å². The Morgan fingerprint density at radius 1 is 1.26 bits per heavy atom. The zero-order valence-corrected chi connectivity index (χ0v) is 11.3. The highest BCUT2D eigenvalue weighted by Gasteiger charge is 2.28. The Balaban J connectivity index is 1.76. The van der Waals surface area contributed by atoms with Crippen molar-refractivity contribution in [1.82, 2.24) is 10.2 Å². The van der Waals surface area contributed by atoms with E-state index in [4.69, 9.17) is 9.84 Å². The van der Waals surface area contributed by atoms with Crippen molar-refractivity contribution in [2.24, 2.45) is 5.92 Å². The molecule has 0 aromatic rings. The molecular formula is C13H22N2O4. The second-order valence-electron chi connectivity index (χ2n) is 5.45. The van der Waals surface area contributed by atoms with Crippen molar-refractivity contribution < 1.29 is 19.4 Å². The summed E-state index contributed by atoms with van der Waals surface area (Å²) in [4.78, 5) is 24.6. The molecule has 2 rings (SSSR count). The molecule has 2 aliphatic rings. The van der Waals surface area contributed by atoms with Crippen molar-refractivity contribution >= 4 is 12.0 Å². The molecule has 2 atom stereocenters. The molecule has 2 fully saturated rings. The van der Waals surface area contributed by atoms with Crippen molar-refractivity contribution in [1.29, 1.82) is 0 Å². The summed E-state index contributed by atoms with van der Waals surface area (Å²) in [6.07, 6.45) is 2.98. The number of carbonyl (C=O) groups excluding carboxylic acids is 1. The quantitative estimate of drug-likeness (QED) is 0.786. The van der Waals surface area contributed by atoms with Gasteiger partial charge in [0.2, 0.25) is 0 Å². The Labute approximate surface area is 113 Å². The number of aliphatic carboxylic acids is 1. The molecule has 0 aromatic carbocycles. The second-order valence-corrected chi connectivity index (χ2v) is 5.45. The van der Waals surface area contributed by atoms with Gasteiger partial charge in [-0.1, -0.05) is 0 Å². The third-order valence-corrected chi connectivity index (χ3v) is 3.94. The van der Waals surface area contributed by atoms with Gasteiger partial charge in [-0.2, -0.15) is 0 Å². The Bertz CT molecular complexity index is 340. The fourth-order valence-corrected chi connectivity index (χ4v) is 2.72. The maximum atomic E-state index is 12.1. The molecule has 2 aliphatic heterocycles. The third-order valence-electron chi connectivity index (χ3n) is 3.94. The van der Waals surface area contributed by atoms with Crippen LogP contribution in [-0.4, -0.2) is 53.8 Å². The molecule has 0 aliphatic carbocycles. The van der Waals surface area contributed by atoms with Gasteiger partial charge in [0.05, 0.1) is 12.0 Å². The Morgan fingerprint density at radius 2 is 1.95 bits per heavy atom. The number of rotatable bonds is 2. The highest BCUT2D eigenvalue weighted by atomic mass is 16.5. The summed E-state index contributed by atoms with van der Waals surface area (Å²) >= 11 is 0. The van der Waals surface area contributed by atoms with Crippen LogP contribution in [-0.2, 0) is 9.53 Å². The summed E-state index contributed by atoms with van der Waals surface area (Å²) in [6.45, 7) is 3.76. The summed E-state index contributed by atoms with van der Waals surface area (Å²) < 4.78 is 5.45. The molecule has 0 bridgehead atoms. The number of likely N-dealkylation sites (tertiary alicyclic amines) is 1. The summed E-state index contributed by atoms with van der Waals surface area (Å²) in [5, 5.41) is 11.9. The smallest absolute Gasteiger partial charge is 0.317 e. The lowest BCUT2D eigenvalue weighted by Gasteiger charge is -2.33. The molecule has 19 heavy (non-hydrogen) atoms. The summed E-state index contributed by atoms with van der Waals surface area (Å²) in [5.74, 6) is -1.05. The first-order chi connectivity index (χ1) is 9.06. The van der Waals surface area contributed by atoms with Crippen molar-refractivity contribution in [2.45, 2.75) is 44.8 Å². The van der Waals surface area contributed by atoms with Gasteiger partial charge in [0.25, 0.3) is 0 Å². The van der Waals surface area contributed by atoms with E-state index in [0.29, 0.717) is 32.5 Å². The number of nitrogens with one attached hydrogen (secondary N) is 1. The van der Waals surface area contributed by atoms with Gasteiger partial charge < -0.3 is 20.1 Å². The normalized spacial score (nSPS) is 29.0. The Kier molecular flexibility index (Phi) is 4.63. The van der Waals surface area contributed by atoms with E-state index in [1.165, 1.54) is 0 Å². The summed E-state index contributed by atoms with van der Waals surface area (Å²) in [6, 6.07) is 0.108. The van der Waals surface area contributed by atoms with Crippen molar-refractivity contribution in [2.75, 3.05) is 19.7 Å². The number of carboxylic acid groups (broad SMARTS) is 1. The van der Waals surface area contributed by atoms with Crippen LogP contribution in [0.3, 0.4) is 0 Å². The SMILES string of the molecule is CC1CC(NC(=O)N2CCC(C(=O)O)CC2)CCO1. The van der Waals surface area contributed by atoms with Crippen LogP contribution in [0.15, 0.2) is 0 Å². The van der Waals surface area contributed by atoms with Crippen LogP contribution in [0.25, 0.3) is 0 Å². The van der Waals surface area contributed by atoms with Crippen LogP contribution < -0.4 is 5.32 Å². The predicted molar refractivity (Wildman–Crippen MR) is 68.9 cm³/mol. The Hall–Kier alpha value is -1.30. The molecule has 2 amide bonds. The number of hydrogen-bond donors (Lipinski definition) is 2. The number of nitrogens with zero attached hydrogens (tertiary/aromatic N) is 1. The van der Waals surface area contributed by atoms with Crippen LogP contribution in [0.5, 0.6) is 0 Å². The van der Waals surface area contributed by atoms with Crippen LogP contribution in [0, 0.1) is 5.92 Å². The van der Waals surface area contributed by atoms with Crippen molar-refractivity contribution in [3.05, 3.63) is 0 Å². The fraction of sp³-hybridized carbons (Fsp3) is 0.846. The standard InChI is InChI=1S/C13H22N2O4/c1-9-8-11(4-7-19-9)14-13(18)15-5-2-10(3-6-15)12(16)17/h9-11H,2-8H2,1H3,(H,14,18)(H,16,17). The number of piperidine rings is 1. The van der Waals surface area contributed by atoms with E-state index in [1.807, 2.05) is 6.92 Å². The minimum atomic E-state index is -0.752. The van der Waals surface area contributed by atoms with Gasteiger partial charge in [0.1, 0.15) is 0 Å². The predicted octanol–water partition coefficient (Wildman–Crippen LogP) is 1.06. The molecule has 2 N–H and O–H groups in total. The number of carbonyl (C=O) groups is 2. The van der Waals surface area contributed by atoms with E-state index >= 15 is 0 Å². The highest BCUT2D eigenvalue weighted by molar-refractivity contribution is 5.75. The van der Waals surface area contributed by atoms with Crippen LogP contribution in [0.1, 0.15) is 32.6 Å². The van der Waals surface area contributed by atoms with E-state index in [1.54, 1.807) is 4.90 Å². The first-order valence-corrected chi connectivity index (χ1v) is 6.96. The minimum Gasteiger partial charge on any atom is -0.481 e. The highest BCUT2D eigenvalue weighted by Crippen LogP contribution is 2.18. The first-order valence-electron chi connectivity index (χ1n) is 6.96. The van der Waals surface area contributed by atoms with E-state index < -0.39 is 5.97 Å². The molecule has 2 unspecified atom stereocenters. The number of hydrogen-bond acceptors (Lipinski definition) is 3. The molecule has 0 aromatic heterocycles. The van der Waals surface area contributed by atoms with Gasteiger partial charge in [0, 0.05) is 25.7 Å². The summed E-state index contributed by atoms with van der Waals surface area (Å²) in [5.41, 5.74) is 0. The Morgan fingerprint density at radius 3 is 2.53 bits per heavy atom. The molecule has 6 heteroatoms. The average Bonchev–Trinajstić information content (AvgIpc) is 2.39.